The highest BCUT2D eigenvalue weighted by molar-refractivity contribution is 9.10. The first kappa shape index (κ1) is 17.1. The van der Waals surface area contributed by atoms with E-state index in [4.69, 9.17) is 4.74 Å². The fourth-order valence-electron chi connectivity index (χ4n) is 2.50. The summed E-state index contributed by atoms with van der Waals surface area (Å²) in [6.45, 7) is -0.0179. The Labute approximate surface area is 153 Å². The van der Waals surface area contributed by atoms with Gasteiger partial charge in [0.1, 0.15) is 6.61 Å². The van der Waals surface area contributed by atoms with Crippen LogP contribution in [-0.4, -0.2) is 35.8 Å². The number of carbonyl (C=O) groups excluding carboxylic acids is 3. The molecule has 0 fully saturated rings. The average molecular weight is 400 g/mol. The van der Waals surface area contributed by atoms with Crippen LogP contribution in [0.25, 0.3) is 6.08 Å². The summed E-state index contributed by atoms with van der Waals surface area (Å²) in [5.74, 6) is -1.25. The molecule has 6 heteroatoms. The van der Waals surface area contributed by atoms with Crippen LogP contribution in [0.15, 0.2) is 59.1 Å². The van der Waals surface area contributed by atoms with Gasteiger partial charge in [-0.05, 0) is 35.9 Å². The maximum absolute atomic E-state index is 12.2. The third-order valence-corrected chi connectivity index (χ3v) is 4.19. The second-order valence-electron chi connectivity index (χ2n) is 5.36. The molecule has 0 aromatic heterocycles. The number of nitrogens with zero attached hydrogens (tertiary/aromatic N) is 1. The summed E-state index contributed by atoms with van der Waals surface area (Å²) in [4.78, 5) is 37.2. The van der Waals surface area contributed by atoms with Crippen molar-refractivity contribution in [1.82, 2.24) is 4.90 Å². The zero-order chi connectivity index (χ0) is 17.8. The van der Waals surface area contributed by atoms with Gasteiger partial charge in [-0.15, -0.1) is 0 Å². The Hall–Kier alpha value is -2.73. The van der Waals surface area contributed by atoms with E-state index in [1.807, 2.05) is 24.3 Å². The molecule has 1 heterocycles. The third-order valence-electron chi connectivity index (χ3n) is 3.70. The van der Waals surface area contributed by atoms with Gasteiger partial charge in [-0.3, -0.25) is 14.5 Å². The van der Waals surface area contributed by atoms with E-state index in [9.17, 15) is 14.4 Å². The van der Waals surface area contributed by atoms with Crippen molar-refractivity contribution in [3.8, 4) is 0 Å². The van der Waals surface area contributed by atoms with Crippen LogP contribution >= 0.6 is 15.9 Å². The van der Waals surface area contributed by atoms with Crippen molar-refractivity contribution in [3.05, 3.63) is 75.8 Å². The van der Waals surface area contributed by atoms with Crippen molar-refractivity contribution in [2.24, 2.45) is 0 Å². The molecule has 2 aromatic carbocycles. The maximum atomic E-state index is 12.2. The second-order valence-corrected chi connectivity index (χ2v) is 6.28. The van der Waals surface area contributed by atoms with Gasteiger partial charge in [-0.2, -0.15) is 0 Å². The summed E-state index contributed by atoms with van der Waals surface area (Å²) in [6.07, 6.45) is 2.94. The van der Waals surface area contributed by atoms with Crippen molar-refractivity contribution in [2.45, 2.75) is 0 Å². The minimum atomic E-state index is -0.531. The Balaban J connectivity index is 1.53. The fraction of sp³-hybridized carbons (Fsp3) is 0.105. The molecule has 1 aliphatic rings. The fourth-order valence-corrected chi connectivity index (χ4v) is 2.92. The van der Waals surface area contributed by atoms with Gasteiger partial charge < -0.3 is 4.74 Å². The van der Waals surface area contributed by atoms with Crippen LogP contribution in [0.3, 0.4) is 0 Å². The highest BCUT2D eigenvalue weighted by Gasteiger charge is 2.34. The Morgan fingerprint density at radius 1 is 1.04 bits per heavy atom. The van der Waals surface area contributed by atoms with Crippen molar-refractivity contribution in [3.63, 3.8) is 0 Å². The summed E-state index contributed by atoms with van der Waals surface area (Å²) in [5, 5.41) is 0. The first-order chi connectivity index (χ1) is 12.1. The van der Waals surface area contributed by atoms with Crippen molar-refractivity contribution >= 4 is 39.8 Å². The lowest BCUT2D eigenvalue weighted by Gasteiger charge is -2.13. The molecule has 3 rings (SSSR count). The third kappa shape index (κ3) is 3.85. The Kier molecular flexibility index (Phi) is 5.09. The number of ether oxygens (including phenoxy) is 1. The minimum absolute atomic E-state index is 0.0306. The van der Waals surface area contributed by atoms with Crippen molar-refractivity contribution in [2.75, 3.05) is 13.2 Å². The van der Waals surface area contributed by atoms with E-state index in [1.54, 1.807) is 30.3 Å². The number of hydrogen-bond acceptors (Lipinski definition) is 4. The van der Waals surface area contributed by atoms with Gasteiger partial charge in [-0.25, -0.2) is 4.79 Å². The number of esters is 1. The Bertz CT molecular complexity index is 840. The Morgan fingerprint density at radius 2 is 1.72 bits per heavy atom. The molecule has 5 nitrogen and oxygen atoms in total. The number of benzene rings is 2. The SMILES string of the molecule is O=C(C=Cc1cccc(Br)c1)OCCN1C(=O)c2ccccc2C1=O. The zero-order valence-corrected chi connectivity index (χ0v) is 14.7. The summed E-state index contributed by atoms with van der Waals surface area (Å²) >= 11 is 3.35. The van der Waals surface area contributed by atoms with E-state index in [1.165, 1.54) is 6.08 Å². The first-order valence-corrected chi connectivity index (χ1v) is 8.41. The molecular formula is C19H14BrNO4. The van der Waals surface area contributed by atoms with Crippen LogP contribution in [0.5, 0.6) is 0 Å². The molecule has 0 N–H and O–H groups in total. The average Bonchev–Trinajstić information content (AvgIpc) is 2.85. The molecule has 0 saturated heterocycles. The van der Waals surface area contributed by atoms with Gasteiger partial charge in [0, 0.05) is 10.5 Å². The van der Waals surface area contributed by atoms with E-state index >= 15 is 0 Å². The standard InChI is InChI=1S/C19H14BrNO4/c20-14-5-3-4-13(12-14)8-9-17(22)25-11-10-21-18(23)15-6-1-2-7-16(15)19(21)24/h1-9,12H,10-11H2. The highest BCUT2D eigenvalue weighted by Crippen LogP contribution is 2.21. The molecule has 0 spiro atoms. The van der Waals surface area contributed by atoms with E-state index in [-0.39, 0.29) is 25.0 Å². The van der Waals surface area contributed by atoms with Crippen LogP contribution in [0.1, 0.15) is 26.3 Å². The van der Waals surface area contributed by atoms with Gasteiger partial charge in [0.05, 0.1) is 17.7 Å². The maximum Gasteiger partial charge on any atom is 0.330 e. The number of hydrogen-bond donors (Lipinski definition) is 0. The van der Waals surface area contributed by atoms with Gasteiger partial charge in [-0.1, -0.05) is 40.2 Å². The first-order valence-electron chi connectivity index (χ1n) is 7.62. The second kappa shape index (κ2) is 7.44. The van der Waals surface area contributed by atoms with Gasteiger partial charge >= 0.3 is 5.97 Å². The van der Waals surface area contributed by atoms with Crippen LogP contribution in [0.2, 0.25) is 0 Å². The smallest absolute Gasteiger partial charge is 0.330 e. The van der Waals surface area contributed by atoms with Crippen molar-refractivity contribution < 1.29 is 19.1 Å². The lowest BCUT2D eigenvalue weighted by molar-refractivity contribution is -0.137. The van der Waals surface area contributed by atoms with E-state index in [0.29, 0.717) is 11.1 Å². The van der Waals surface area contributed by atoms with Crippen LogP contribution in [0.4, 0.5) is 0 Å². The molecule has 0 bridgehead atoms. The summed E-state index contributed by atoms with van der Waals surface area (Å²) in [5.41, 5.74) is 1.62. The van der Waals surface area contributed by atoms with Crippen LogP contribution in [0, 0.1) is 0 Å². The lowest BCUT2D eigenvalue weighted by Crippen LogP contribution is -2.33. The largest absolute Gasteiger partial charge is 0.461 e. The molecule has 25 heavy (non-hydrogen) atoms. The van der Waals surface area contributed by atoms with Crippen molar-refractivity contribution in [1.29, 1.82) is 0 Å². The minimum Gasteiger partial charge on any atom is -0.461 e. The van der Waals surface area contributed by atoms with E-state index in [0.717, 1.165) is 14.9 Å². The van der Waals surface area contributed by atoms with E-state index < -0.39 is 5.97 Å². The number of imide groups is 1. The summed E-state index contributed by atoms with van der Waals surface area (Å²) < 4.78 is 5.98. The van der Waals surface area contributed by atoms with Crippen LogP contribution < -0.4 is 0 Å². The monoisotopic (exact) mass is 399 g/mol. The molecule has 0 atom stereocenters. The molecule has 0 unspecified atom stereocenters. The molecule has 1 aliphatic heterocycles. The molecule has 0 radical (unpaired) electrons. The van der Waals surface area contributed by atoms with Gasteiger partial charge in [0.15, 0.2) is 0 Å². The summed E-state index contributed by atoms with van der Waals surface area (Å²) in [6, 6.07) is 14.1. The predicted molar refractivity (Wildman–Crippen MR) is 95.9 cm³/mol. The quantitative estimate of drug-likeness (QED) is 0.439. The predicted octanol–water partition coefficient (Wildman–Crippen LogP) is 3.30. The molecule has 2 aromatic rings. The molecular weight excluding hydrogens is 386 g/mol. The number of carbonyl (C=O) groups is 3. The number of halogens is 1. The normalized spacial score (nSPS) is 13.4. The number of rotatable bonds is 5. The van der Waals surface area contributed by atoms with Crippen LogP contribution in [-0.2, 0) is 9.53 Å². The topological polar surface area (TPSA) is 63.7 Å². The molecule has 0 aliphatic carbocycles. The number of fused-ring (bicyclic) bond motifs is 1. The summed E-state index contributed by atoms with van der Waals surface area (Å²) in [7, 11) is 0. The number of amides is 2. The zero-order valence-electron chi connectivity index (χ0n) is 13.1. The highest BCUT2D eigenvalue weighted by atomic mass is 79.9. The molecule has 126 valence electrons. The van der Waals surface area contributed by atoms with Gasteiger partial charge in [0.2, 0.25) is 0 Å². The lowest BCUT2D eigenvalue weighted by atomic mass is 10.1. The molecule has 2 amide bonds. The molecule has 0 saturated carbocycles. The van der Waals surface area contributed by atoms with E-state index in [2.05, 4.69) is 15.9 Å². The van der Waals surface area contributed by atoms with Gasteiger partial charge in [0.25, 0.3) is 11.8 Å². The Morgan fingerprint density at radius 3 is 2.36 bits per heavy atom.